The van der Waals surface area contributed by atoms with Crippen LogP contribution in [0, 0.1) is 11.7 Å². The third-order valence-corrected chi connectivity index (χ3v) is 8.22. The second-order valence-electron chi connectivity index (χ2n) is 11.3. The van der Waals surface area contributed by atoms with E-state index >= 15 is 0 Å². The first-order chi connectivity index (χ1) is 19.8. The number of fused-ring (bicyclic) bond motifs is 1. The number of rotatable bonds is 9. The molecule has 0 spiro atoms. The molecule has 220 valence electrons. The van der Waals surface area contributed by atoms with Gasteiger partial charge in [-0.2, -0.15) is 0 Å². The Labute approximate surface area is 240 Å². The van der Waals surface area contributed by atoms with Crippen LogP contribution >= 0.6 is 0 Å². The normalized spacial score (nSPS) is 21.9. The molecule has 5 rings (SSSR count). The fourth-order valence-electron chi connectivity index (χ4n) is 5.78. The van der Waals surface area contributed by atoms with E-state index in [1.54, 1.807) is 24.1 Å². The van der Waals surface area contributed by atoms with Crippen LogP contribution in [0.25, 0.3) is 10.9 Å². The Balaban J connectivity index is 1.27. The number of ether oxygens (including phenoxy) is 2. The SMILES string of the molecule is CC(c1c[nH]c2ccccc12)C(NC(=O)C1CCN(Cc2cccc(F)c2)CC1)C(=O)N(C)CC1OCC(N)CO1. The van der Waals surface area contributed by atoms with Gasteiger partial charge in [0.1, 0.15) is 11.9 Å². The summed E-state index contributed by atoms with van der Waals surface area (Å²) >= 11 is 0. The molecule has 0 bridgehead atoms. The molecule has 2 saturated heterocycles. The number of halogens is 1. The largest absolute Gasteiger partial charge is 0.361 e. The Bertz CT molecular complexity index is 1330. The smallest absolute Gasteiger partial charge is 0.245 e. The monoisotopic (exact) mass is 565 g/mol. The topological polar surface area (TPSA) is 113 Å². The van der Waals surface area contributed by atoms with Gasteiger partial charge in [-0.3, -0.25) is 14.5 Å². The third kappa shape index (κ3) is 7.13. The fraction of sp³-hybridized carbons (Fsp3) is 0.484. The molecular weight excluding hydrogens is 525 g/mol. The van der Waals surface area contributed by atoms with Crippen LogP contribution in [0.15, 0.2) is 54.7 Å². The predicted octanol–water partition coefficient (Wildman–Crippen LogP) is 2.97. The van der Waals surface area contributed by atoms with Gasteiger partial charge in [0, 0.05) is 42.5 Å². The van der Waals surface area contributed by atoms with E-state index in [1.807, 2.05) is 43.5 Å². The number of hydrogen-bond acceptors (Lipinski definition) is 6. The van der Waals surface area contributed by atoms with E-state index in [2.05, 4.69) is 15.2 Å². The second kappa shape index (κ2) is 13.1. The lowest BCUT2D eigenvalue weighted by Crippen LogP contribution is -2.54. The van der Waals surface area contributed by atoms with Crippen LogP contribution in [-0.4, -0.2) is 84.9 Å². The number of amides is 2. The summed E-state index contributed by atoms with van der Waals surface area (Å²) in [7, 11) is 1.70. The van der Waals surface area contributed by atoms with Crippen molar-refractivity contribution in [2.24, 2.45) is 11.7 Å². The summed E-state index contributed by atoms with van der Waals surface area (Å²) in [5, 5.41) is 4.14. The van der Waals surface area contributed by atoms with Gasteiger partial charge in [-0.25, -0.2) is 4.39 Å². The lowest BCUT2D eigenvalue weighted by Gasteiger charge is -2.35. The number of nitrogens with two attached hydrogens (primary N) is 1. The number of benzene rings is 2. The van der Waals surface area contributed by atoms with Crippen molar-refractivity contribution in [2.45, 2.75) is 50.6 Å². The molecule has 2 aliphatic rings. The third-order valence-electron chi connectivity index (χ3n) is 8.22. The Morgan fingerprint density at radius 1 is 1.15 bits per heavy atom. The summed E-state index contributed by atoms with van der Waals surface area (Å²) < 4.78 is 24.9. The lowest BCUT2D eigenvalue weighted by atomic mass is 9.90. The zero-order valence-corrected chi connectivity index (χ0v) is 23.7. The summed E-state index contributed by atoms with van der Waals surface area (Å²) in [5.74, 6) is -1.07. The van der Waals surface area contributed by atoms with Crippen molar-refractivity contribution in [3.63, 3.8) is 0 Å². The molecule has 2 unspecified atom stereocenters. The number of hydrogen-bond donors (Lipinski definition) is 3. The minimum absolute atomic E-state index is 0.120. The van der Waals surface area contributed by atoms with Gasteiger partial charge in [0.15, 0.2) is 6.29 Å². The maximum absolute atomic E-state index is 13.9. The van der Waals surface area contributed by atoms with E-state index in [-0.39, 0.29) is 42.1 Å². The van der Waals surface area contributed by atoms with Crippen LogP contribution < -0.4 is 11.1 Å². The summed E-state index contributed by atoms with van der Waals surface area (Å²) in [6.07, 6.45) is 2.69. The molecule has 2 aromatic carbocycles. The Hall–Kier alpha value is -3.31. The summed E-state index contributed by atoms with van der Waals surface area (Å²) in [6.45, 7) is 5.05. The van der Waals surface area contributed by atoms with Crippen molar-refractivity contribution in [2.75, 3.05) is 39.9 Å². The van der Waals surface area contributed by atoms with Gasteiger partial charge in [0.05, 0.1) is 25.8 Å². The van der Waals surface area contributed by atoms with Crippen LogP contribution in [0.4, 0.5) is 4.39 Å². The van der Waals surface area contributed by atoms with Crippen LogP contribution in [0.5, 0.6) is 0 Å². The average Bonchev–Trinajstić information content (AvgIpc) is 3.41. The number of H-pyrrole nitrogens is 1. The second-order valence-corrected chi connectivity index (χ2v) is 11.3. The van der Waals surface area contributed by atoms with Gasteiger partial charge in [-0.1, -0.05) is 37.3 Å². The number of nitrogens with zero attached hydrogens (tertiary/aromatic N) is 2. The van der Waals surface area contributed by atoms with Crippen molar-refractivity contribution in [1.82, 2.24) is 20.1 Å². The maximum Gasteiger partial charge on any atom is 0.245 e. The highest BCUT2D eigenvalue weighted by Crippen LogP contribution is 2.29. The van der Waals surface area contributed by atoms with Crippen molar-refractivity contribution >= 4 is 22.7 Å². The van der Waals surface area contributed by atoms with E-state index in [9.17, 15) is 14.0 Å². The Morgan fingerprint density at radius 3 is 2.61 bits per heavy atom. The fourth-order valence-corrected chi connectivity index (χ4v) is 5.78. The van der Waals surface area contributed by atoms with Gasteiger partial charge in [0.25, 0.3) is 0 Å². The molecule has 41 heavy (non-hydrogen) atoms. The predicted molar refractivity (Wildman–Crippen MR) is 154 cm³/mol. The number of nitrogens with one attached hydrogen (secondary N) is 2. The van der Waals surface area contributed by atoms with Crippen LogP contribution in [0.2, 0.25) is 0 Å². The number of aromatic amines is 1. The lowest BCUT2D eigenvalue weighted by molar-refractivity contribution is -0.193. The van der Waals surface area contributed by atoms with Gasteiger partial charge in [0.2, 0.25) is 11.8 Å². The quantitative estimate of drug-likeness (QED) is 0.368. The molecule has 2 atom stereocenters. The Kier molecular flexibility index (Phi) is 9.34. The molecule has 0 saturated carbocycles. The summed E-state index contributed by atoms with van der Waals surface area (Å²) in [5.41, 5.74) is 8.72. The molecule has 2 amide bonds. The Morgan fingerprint density at radius 2 is 1.88 bits per heavy atom. The number of para-hydroxylation sites is 1. The molecule has 9 nitrogen and oxygen atoms in total. The highest BCUT2D eigenvalue weighted by Gasteiger charge is 2.35. The molecule has 2 fully saturated rings. The van der Waals surface area contributed by atoms with E-state index in [0.29, 0.717) is 32.6 Å². The van der Waals surface area contributed by atoms with E-state index < -0.39 is 12.3 Å². The number of likely N-dealkylation sites (N-methyl/N-ethyl adjacent to an activating group) is 1. The minimum atomic E-state index is -0.775. The van der Waals surface area contributed by atoms with Crippen LogP contribution in [-0.2, 0) is 25.6 Å². The standard InChI is InChI=1S/C31H40FN5O4/c1-20(26-15-34-27-9-4-3-8-25(26)27)29(31(39)36(2)17-28-40-18-24(33)19-41-28)35-30(38)22-10-12-37(13-11-22)16-21-6-5-7-23(32)14-21/h3-9,14-15,20,22,24,28-29,34H,10-13,16-19,33H2,1-2H3,(H,35,38). The van der Waals surface area contributed by atoms with E-state index in [4.69, 9.17) is 15.2 Å². The number of carbonyl (C=O) groups excluding carboxylic acids is 2. The van der Waals surface area contributed by atoms with Crippen molar-refractivity contribution in [1.29, 1.82) is 0 Å². The van der Waals surface area contributed by atoms with Crippen molar-refractivity contribution in [3.8, 4) is 0 Å². The van der Waals surface area contributed by atoms with Crippen molar-refractivity contribution < 1.29 is 23.5 Å². The van der Waals surface area contributed by atoms with Gasteiger partial charge in [-0.15, -0.1) is 0 Å². The number of aromatic nitrogens is 1. The maximum atomic E-state index is 13.9. The zero-order valence-electron chi connectivity index (χ0n) is 23.7. The van der Waals surface area contributed by atoms with Gasteiger partial charge >= 0.3 is 0 Å². The van der Waals surface area contributed by atoms with Crippen LogP contribution in [0.3, 0.4) is 0 Å². The molecule has 3 aromatic rings. The van der Waals surface area contributed by atoms with Gasteiger partial charge < -0.3 is 30.4 Å². The molecule has 1 aromatic heterocycles. The van der Waals surface area contributed by atoms with Crippen LogP contribution in [0.1, 0.15) is 36.8 Å². The molecular formula is C31H40FN5O4. The number of likely N-dealkylation sites (tertiary alicyclic amines) is 1. The van der Waals surface area contributed by atoms with Crippen molar-refractivity contribution in [3.05, 3.63) is 71.7 Å². The number of piperidine rings is 1. The molecule has 0 aliphatic carbocycles. The van der Waals surface area contributed by atoms with E-state index in [0.717, 1.165) is 35.1 Å². The average molecular weight is 566 g/mol. The van der Waals surface area contributed by atoms with Gasteiger partial charge in [-0.05, 0) is 55.3 Å². The summed E-state index contributed by atoms with van der Waals surface area (Å²) in [4.78, 5) is 34.6. The highest BCUT2D eigenvalue weighted by atomic mass is 19.1. The zero-order chi connectivity index (χ0) is 28.9. The minimum Gasteiger partial charge on any atom is -0.361 e. The summed E-state index contributed by atoms with van der Waals surface area (Å²) in [6, 6.07) is 13.6. The molecule has 10 heteroatoms. The molecule has 4 N–H and O–H groups in total. The first-order valence-corrected chi connectivity index (χ1v) is 14.4. The molecule has 0 radical (unpaired) electrons. The van der Waals surface area contributed by atoms with E-state index in [1.165, 1.54) is 6.07 Å². The number of carbonyl (C=O) groups is 2. The molecule has 2 aliphatic heterocycles. The first-order valence-electron chi connectivity index (χ1n) is 14.4. The first kappa shape index (κ1) is 29.2. The molecule has 3 heterocycles. The highest BCUT2D eigenvalue weighted by molar-refractivity contribution is 5.91.